The lowest BCUT2D eigenvalue weighted by Crippen LogP contribution is -2.28. The number of carbonyl (C=O) groups excluding carboxylic acids is 3. The molecule has 0 fully saturated rings. The molecule has 32 heavy (non-hydrogen) atoms. The lowest BCUT2D eigenvalue weighted by molar-refractivity contribution is -0.120. The van der Waals surface area contributed by atoms with Crippen LogP contribution in [0, 0.1) is 0 Å². The number of hydrogen-bond donors (Lipinski definition) is 3. The van der Waals surface area contributed by atoms with E-state index in [0.717, 1.165) is 5.56 Å². The van der Waals surface area contributed by atoms with Crippen LogP contribution in [0.5, 0.6) is 11.5 Å². The highest BCUT2D eigenvalue weighted by atomic mass is 16.5. The maximum absolute atomic E-state index is 12.2. The maximum Gasteiger partial charge on any atom is 0.271 e. The molecule has 0 bridgehead atoms. The van der Waals surface area contributed by atoms with E-state index in [9.17, 15) is 14.4 Å². The van der Waals surface area contributed by atoms with Crippen LogP contribution in [0.25, 0.3) is 0 Å². The molecule has 0 aliphatic carbocycles. The summed E-state index contributed by atoms with van der Waals surface area (Å²) < 4.78 is 10.5. The van der Waals surface area contributed by atoms with Gasteiger partial charge in [-0.25, -0.2) is 5.43 Å². The van der Waals surface area contributed by atoms with Gasteiger partial charge in [0.1, 0.15) is 0 Å². The van der Waals surface area contributed by atoms with Gasteiger partial charge in [-0.05, 0) is 55.3 Å². The van der Waals surface area contributed by atoms with E-state index in [1.165, 1.54) is 6.92 Å². The number of carbonyl (C=O) groups is 3. The van der Waals surface area contributed by atoms with Gasteiger partial charge in [-0.3, -0.25) is 14.4 Å². The molecule has 0 aromatic heterocycles. The normalized spacial score (nSPS) is 10.8. The SMILES string of the molecule is COc1ccc(CCNC(=O)C/C(C)=N/NC(=O)c2ccc(NC(C)=O)cc2)cc1OC. The molecule has 2 aromatic rings. The highest BCUT2D eigenvalue weighted by molar-refractivity contribution is 6.01. The minimum Gasteiger partial charge on any atom is -0.493 e. The molecule has 9 heteroatoms. The highest BCUT2D eigenvalue weighted by Crippen LogP contribution is 2.27. The van der Waals surface area contributed by atoms with Crippen molar-refractivity contribution in [2.75, 3.05) is 26.1 Å². The third kappa shape index (κ3) is 7.75. The van der Waals surface area contributed by atoms with Gasteiger partial charge in [0, 0.05) is 30.4 Å². The summed E-state index contributed by atoms with van der Waals surface area (Å²) in [5, 5.41) is 9.43. The summed E-state index contributed by atoms with van der Waals surface area (Å²) in [7, 11) is 3.15. The molecule has 2 aromatic carbocycles. The van der Waals surface area contributed by atoms with Gasteiger partial charge in [-0.2, -0.15) is 5.10 Å². The van der Waals surface area contributed by atoms with Crippen LogP contribution >= 0.6 is 0 Å². The minimum absolute atomic E-state index is 0.0632. The number of nitrogens with zero attached hydrogens (tertiary/aromatic N) is 1. The molecule has 0 atom stereocenters. The summed E-state index contributed by atoms with van der Waals surface area (Å²) in [4.78, 5) is 35.3. The van der Waals surface area contributed by atoms with Gasteiger partial charge in [0.25, 0.3) is 5.91 Å². The zero-order valence-corrected chi connectivity index (χ0v) is 18.7. The first-order chi connectivity index (χ1) is 15.3. The molecule has 0 heterocycles. The summed E-state index contributed by atoms with van der Waals surface area (Å²) in [6.45, 7) is 3.52. The summed E-state index contributed by atoms with van der Waals surface area (Å²) in [5.74, 6) is 0.496. The summed E-state index contributed by atoms with van der Waals surface area (Å²) in [6, 6.07) is 12.0. The number of hydrazone groups is 1. The molecule has 0 saturated heterocycles. The molecule has 2 rings (SSSR count). The van der Waals surface area contributed by atoms with Crippen molar-refractivity contribution in [3.63, 3.8) is 0 Å². The Kier molecular flexibility index (Phi) is 9.22. The number of benzene rings is 2. The third-order valence-corrected chi connectivity index (χ3v) is 4.42. The van der Waals surface area contributed by atoms with Crippen molar-refractivity contribution >= 4 is 29.1 Å². The van der Waals surface area contributed by atoms with Gasteiger partial charge in [-0.15, -0.1) is 0 Å². The van der Waals surface area contributed by atoms with Crippen molar-refractivity contribution in [3.8, 4) is 11.5 Å². The van der Waals surface area contributed by atoms with Gasteiger partial charge in [0.05, 0.1) is 20.6 Å². The second-order valence-corrected chi connectivity index (χ2v) is 7.01. The van der Waals surface area contributed by atoms with Crippen LogP contribution in [0.3, 0.4) is 0 Å². The van der Waals surface area contributed by atoms with Crippen LogP contribution in [-0.2, 0) is 16.0 Å². The predicted octanol–water partition coefficient (Wildman–Crippen LogP) is 2.52. The van der Waals surface area contributed by atoms with E-state index in [-0.39, 0.29) is 18.2 Å². The second-order valence-electron chi connectivity index (χ2n) is 7.01. The van der Waals surface area contributed by atoms with Crippen LogP contribution in [0.1, 0.15) is 36.2 Å². The fraction of sp³-hybridized carbons (Fsp3) is 0.304. The van der Waals surface area contributed by atoms with Crippen molar-refractivity contribution in [1.29, 1.82) is 0 Å². The van der Waals surface area contributed by atoms with Crippen LogP contribution < -0.4 is 25.5 Å². The van der Waals surface area contributed by atoms with E-state index >= 15 is 0 Å². The Morgan fingerprint density at radius 1 is 0.938 bits per heavy atom. The summed E-state index contributed by atoms with van der Waals surface area (Å²) in [6.07, 6.45) is 0.696. The summed E-state index contributed by atoms with van der Waals surface area (Å²) >= 11 is 0. The van der Waals surface area contributed by atoms with E-state index in [0.29, 0.717) is 41.4 Å². The molecule has 170 valence electrons. The minimum atomic E-state index is -0.410. The van der Waals surface area contributed by atoms with Gasteiger partial charge >= 0.3 is 0 Å². The molecule has 0 radical (unpaired) electrons. The molecule has 0 aliphatic rings. The average molecular weight is 441 g/mol. The Balaban J connectivity index is 1.78. The maximum atomic E-state index is 12.2. The van der Waals surface area contributed by atoms with Gasteiger partial charge in [0.15, 0.2) is 11.5 Å². The molecule has 3 amide bonds. The Morgan fingerprint density at radius 3 is 2.25 bits per heavy atom. The molecule has 0 unspecified atom stereocenters. The fourth-order valence-electron chi connectivity index (χ4n) is 2.84. The molecular weight excluding hydrogens is 412 g/mol. The van der Waals surface area contributed by atoms with E-state index in [1.807, 2.05) is 18.2 Å². The van der Waals surface area contributed by atoms with E-state index in [2.05, 4.69) is 21.2 Å². The Labute approximate surface area is 187 Å². The Morgan fingerprint density at radius 2 is 1.62 bits per heavy atom. The Bertz CT molecular complexity index is 986. The van der Waals surface area contributed by atoms with Crippen LogP contribution in [0.4, 0.5) is 5.69 Å². The first-order valence-electron chi connectivity index (χ1n) is 10.0. The van der Waals surface area contributed by atoms with Crippen molar-refractivity contribution < 1.29 is 23.9 Å². The van der Waals surface area contributed by atoms with Crippen molar-refractivity contribution in [1.82, 2.24) is 10.7 Å². The molecule has 0 aliphatic heterocycles. The average Bonchev–Trinajstić information content (AvgIpc) is 2.77. The number of amides is 3. The predicted molar refractivity (Wildman–Crippen MR) is 122 cm³/mol. The first kappa shape index (κ1) is 24.4. The molecule has 0 saturated carbocycles. The smallest absolute Gasteiger partial charge is 0.271 e. The topological polar surface area (TPSA) is 118 Å². The van der Waals surface area contributed by atoms with Gasteiger partial charge < -0.3 is 20.1 Å². The second kappa shape index (κ2) is 12.1. The third-order valence-electron chi connectivity index (χ3n) is 4.42. The molecular formula is C23H28N4O5. The first-order valence-corrected chi connectivity index (χ1v) is 10.0. The van der Waals surface area contributed by atoms with Crippen molar-refractivity contribution in [2.24, 2.45) is 5.10 Å². The number of ether oxygens (including phenoxy) is 2. The number of hydrogen-bond acceptors (Lipinski definition) is 6. The van der Waals surface area contributed by atoms with Gasteiger partial charge in [0.2, 0.25) is 11.8 Å². The largest absolute Gasteiger partial charge is 0.493 e. The van der Waals surface area contributed by atoms with E-state index < -0.39 is 5.91 Å². The zero-order chi connectivity index (χ0) is 23.5. The van der Waals surface area contributed by atoms with Crippen LogP contribution in [0.15, 0.2) is 47.6 Å². The van der Waals surface area contributed by atoms with Crippen LogP contribution in [0.2, 0.25) is 0 Å². The molecule has 9 nitrogen and oxygen atoms in total. The lowest BCUT2D eigenvalue weighted by atomic mass is 10.1. The lowest BCUT2D eigenvalue weighted by Gasteiger charge is -2.10. The zero-order valence-electron chi connectivity index (χ0n) is 18.7. The summed E-state index contributed by atoms with van der Waals surface area (Å²) in [5.41, 5.74) is 4.88. The van der Waals surface area contributed by atoms with Gasteiger partial charge in [-0.1, -0.05) is 6.07 Å². The molecule has 3 N–H and O–H groups in total. The molecule has 0 spiro atoms. The standard InChI is InChI=1S/C23H28N4O5/c1-15(26-27-23(30)18-6-8-19(9-7-18)25-16(2)28)13-22(29)24-12-11-17-5-10-20(31-3)21(14-17)32-4/h5-10,14H,11-13H2,1-4H3,(H,24,29)(H,25,28)(H,27,30)/b26-15+. The van der Waals surface area contributed by atoms with E-state index in [4.69, 9.17) is 9.47 Å². The number of rotatable bonds is 10. The monoisotopic (exact) mass is 440 g/mol. The van der Waals surface area contributed by atoms with Crippen LogP contribution in [-0.4, -0.2) is 44.2 Å². The van der Waals surface area contributed by atoms with Crippen molar-refractivity contribution in [2.45, 2.75) is 26.7 Å². The number of nitrogens with one attached hydrogen (secondary N) is 3. The highest BCUT2D eigenvalue weighted by Gasteiger charge is 2.08. The number of methoxy groups -OCH3 is 2. The van der Waals surface area contributed by atoms with Crippen molar-refractivity contribution in [3.05, 3.63) is 53.6 Å². The Hall–Kier alpha value is -3.88. The quantitative estimate of drug-likeness (QED) is 0.388. The van der Waals surface area contributed by atoms with E-state index in [1.54, 1.807) is 45.4 Å². The number of anilines is 1. The fourth-order valence-corrected chi connectivity index (χ4v) is 2.84.